The second-order valence-corrected chi connectivity index (χ2v) is 10.1. The molecule has 0 atom stereocenters. The van der Waals surface area contributed by atoms with Crippen LogP contribution in [0.4, 0.5) is 0 Å². The van der Waals surface area contributed by atoms with Crippen LogP contribution >= 0.6 is 0 Å². The van der Waals surface area contributed by atoms with E-state index in [9.17, 15) is 19.2 Å². The molecule has 8 heteroatoms. The van der Waals surface area contributed by atoms with Crippen molar-refractivity contribution in [1.82, 2.24) is 0 Å². The molecule has 0 bridgehead atoms. The molecule has 0 radical (unpaired) electrons. The molecule has 0 spiro atoms. The van der Waals surface area contributed by atoms with Gasteiger partial charge in [0.2, 0.25) is 0 Å². The molecule has 0 N–H and O–H groups in total. The maximum atomic E-state index is 12.6. The third kappa shape index (κ3) is 10.5. The van der Waals surface area contributed by atoms with E-state index in [1.807, 2.05) is 0 Å². The van der Waals surface area contributed by atoms with E-state index in [1.165, 1.54) is 0 Å². The third-order valence-electron chi connectivity index (χ3n) is 6.78. The zero-order chi connectivity index (χ0) is 28.7. The first-order valence-corrected chi connectivity index (χ1v) is 14.4. The monoisotopic (exact) mass is 552 g/mol. The highest BCUT2D eigenvalue weighted by Gasteiger charge is 2.27. The zero-order valence-electron chi connectivity index (χ0n) is 23.5. The van der Waals surface area contributed by atoms with Gasteiger partial charge in [-0.15, -0.1) is 0 Å². The molecule has 1 fully saturated rings. The van der Waals surface area contributed by atoms with Gasteiger partial charge in [0, 0.05) is 12.8 Å². The number of carbonyl (C=O) groups is 4. The summed E-state index contributed by atoms with van der Waals surface area (Å²) in [6.07, 6.45) is 8.21. The maximum Gasteiger partial charge on any atom is 0.338 e. The Labute approximate surface area is 236 Å². The van der Waals surface area contributed by atoms with E-state index in [0.717, 1.165) is 38.5 Å². The molecule has 8 nitrogen and oxygen atoms in total. The van der Waals surface area contributed by atoms with Crippen molar-refractivity contribution in [2.75, 3.05) is 0 Å². The minimum atomic E-state index is -0.438. The van der Waals surface area contributed by atoms with Crippen molar-refractivity contribution in [1.29, 1.82) is 0 Å². The van der Waals surface area contributed by atoms with Crippen molar-refractivity contribution in [3.63, 3.8) is 0 Å². The highest BCUT2D eigenvalue weighted by molar-refractivity contribution is 5.90. The Bertz CT molecular complexity index is 1010. The Hall–Kier alpha value is -3.68. The summed E-state index contributed by atoms with van der Waals surface area (Å²) in [6, 6.07) is 12.7. The largest absolute Gasteiger partial charge is 0.459 e. The summed E-state index contributed by atoms with van der Waals surface area (Å²) < 4.78 is 21.9. The molecule has 0 heterocycles. The topological polar surface area (TPSA) is 105 Å². The smallest absolute Gasteiger partial charge is 0.338 e. The molecule has 2 aromatic carbocycles. The molecule has 0 saturated heterocycles. The molecule has 0 unspecified atom stereocenters. The summed E-state index contributed by atoms with van der Waals surface area (Å²) in [7, 11) is 0. The van der Waals surface area contributed by atoms with Crippen molar-refractivity contribution in [3.8, 4) is 11.5 Å². The number of esters is 4. The van der Waals surface area contributed by atoms with Crippen LogP contribution < -0.4 is 9.47 Å². The van der Waals surface area contributed by atoms with Crippen molar-refractivity contribution in [3.05, 3.63) is 59.7 Å². The summed E-state index contributed by atoms with van der Waals surface area (Å²) >= 11 is 0. The van der Waals surface area contributed by atoms with Crippen LogP contribution in [0, 0.1) is 0 Å². The number of unbranched alkanes of at least 4 members (excludes halogenated alkanes) is 4. The summed E-state index contributed by atoms with van der Waals surface area (Å²) in [6.45, 7) is 4.15. The number of carbonyl (C=O) groups excluding carboxylic acids is 4. The second-order valence-electron chi connectivity index (χ2n) is 10.1. The van der Waals surface area contributed by atoms with Gasteiger partial charge in [0.25, 0.3) is 0 Å². The molecule has 1 aliphatic rings. The summed E-state index contributed by atoms with van der Waals surface area (Å²) in [5.41, 5.74) is 0.767. The van der Waals surface area contributed by atoms with E-state index < -0.39 is 11.9 Å². The van der Waals surface area contributed by atoms with Gasteiger partial charge < -0.3 is 18.9 Å². The fourth-order valence-corrected chi connectivity index (χ4v) is 4.43. The first-order valence-electron chi connectivity index (χ1n) is 14.4. The predicted octanol–water partition coefficient (Wildman–Crippen LogP) is 6.98. The normalized spacial score (nSPS) is 16.6. The molecule has 40 heavy (non-hydrogen) atoms. The first-order chi connectivity index (χ1) is 19.4. The van der Waals surface area contributed by atoms with Crippen molar-refractivity contribution < 1.29 is 38.1 Å². The van der Waals surface area contributed by atoms with E-state index in [-0.39, 0.29) is 24.1 Å². The molecule has 1 saturated carbocycles. The molecule has 1 aliphatic carbocycles. The van der Waals surface area contributed by atoms with Crippen LogP contribution in [0.25, 0.3) is 0 Å². The Kier molecular flexibility index (Phi) is 12.7. The van der Waals surface area contributed by atoms with Crippen LogP contribution in [-0.4, -0.2) is 36.1 Å². The van der Waals surface area contributed by atoms with Gasteiger partial charge in [0.1, 0.15) is 23.7 Å². The van der Waals surface area contributed by atoms with Gasteiger partial charge in [0.15, 0.2) is 0 Å². The predicted molar refractivity (Wildman–Crippen MR) is 149 cm³/mol. The van der Waals surface area contributed by atoms with Crippen LogP contribution in [0.1, 0.15) is 112 Å². The van der Waals surface area contributed by atoms with Crippen molar-refractivity contribution in [2.45, 2.75) is 103 Å². The Morgan fingerprint density at radius 2 is 0.925 bits per heavy atom. The fraction of sp³-hybridized carbons (Fsp3) is 0.500. The number of hydrogen-bond donors (Lipinski definition) is 0. The third-order valence-corrected chi connectivity index (χ3v) is 6.78. The van der Waals surface area contributed by atoms with Crippen molar-refractivity contribution >= 4 is 23.9 Å². The quantitative estimate of drug-likeness (QED) is 0.140. The van der Waals surface area contributed by atoms with Crippen LogP contribution in [0.15, 0.2) is 48.5 Å². The standard InChI is InChI=1S/C32H40O8/c1-3-5-7-9-29(33)37-25-15-11-23(12-16-25)31(35)39-27-19-21-28(22-20-27)40-32(36)24-13-17-26(18-14-24)38-30(34)10-8-6-4-2/h11-18,27-28H,3-10,19-22H2,1-2H3. The van der Waals surface area contributed by atoms with E-state index in [1.54, 1.807) is 48.5 Å². The average Bonchev–Trinajstić information content (AvgIpc) is 2.95. The van der Waals surface area contributed by atoms with E-state index in [4.69, 9.17) is 18.9 Å². The van der Waals surface area contributed by atoms with Gasteiger partial charge >= 0.3 is 23.9 Å². The molecular formula is C32H40O8. The Morgan fingerprint density at radius 1 is 0.575 bits per heavy atom. The van der Waals surface area contributed by atoms with Crippen LogP contribution in [0.3, 0.4) is 0 Å². The van der Waals surface area contributed by atoms with Gasteiger partial charge in [0.05, 0.1) is 11.1 Å². The SMILES string of the molecule is CCCCCC(=O)Oc1ccc(C(=O)OC2CCC(OC(=O)c3ccc(OC(=O)CCCCC)cc3)CC2)cc1. The average molecular weight is 553 g/mol. The van der Waals surface area contributed by atoms with Gasteiger partial charge in [-0.1, -0.05) is 39.5 Å². The van der Waals surface area contributed by atoms with Crippen LogP contribution in [-0.2, 0) is 19.1 Å². The van der Waals surface area contributed by atoms with Crippen LogP contribution in [0.5, 0.6) is 11.5 Å². The molecular weight excluding hydrogens is 512 g/mol. The van der Waals surface area contributed by atoms with Gasteiger partial charge in [-0.05, 0) is 87.1 Å². The second kappa shape index (κ2) is 16.4. The van der Waals surface area contributed by atoms with E-state index >= 15 is 0 Å². The summed E-state index contributed by atoms with van der Waals surface area (Å²) in [5, 5.41) is 0. The van der Waals surface area contributed by atoms with Crippen LogP contribution in [0.2, 0.25) is 0 Å². The lowest BCUT2D eigenvalue weighted by Gasteiger charge is -2.28. The molecule has 2 aromatic rings. The van der Waals surface area contributed by atoms with E-state index in [2.05, 4.69) is 13.8 Å². The minimum absolute atomic E-state index is 0.259. The lowest BCUT2D eigenvalue weighted by atomic mass is 9.95. The number of hydrogen-bond acceptors (Lipinski definition) is 8. The Balaban J connectivity index is 1.38. The maximum absolute atomic E-state index is 12.6. The minimum Gasteiger partial charge on any atom is -0.459 e. The molecule has 216 valence electrons. The number of benzene rings is 2. The molecule has 3 rings (SSSR count). The lowest BCUT2D eigenvalue weighted by molar-refractivity contribution is -0.135. The van der Waals surface area contributed by atoms with Gasteiger partial charge in [-0.2, -0.15) is 0 Å². The fourth-order valence-electron chi connectivity index (χ4n) is 4.43. The molecule has 0 aliphatic heterocycles. The zero-order valence-corrected chi connectivity index (χ0v) is 23.5. The molecule has 0 amide bonds. The van der Waals surface area contributed by atoms with Gasteiger partial charge in [-0.25, -0.2) is 9.59 Å². The highest BCUT2D eigenvalue weighted by Crippen LogP contribution is 2.26. The number of ether oxygens (including phenoxy) is 4. The lowest BCUT2D eigenvalue weighted by Crippen LogP contribution is -2.29. The highest BCUT2D eigenvalue weighted by atomic mass is 16.6. The number of rotatable bonds is 14. The molecule has 0 aromatic heterocycles. The summed E-state index contributed by atoms with van der Waals surface area (Å²) in [4.78, 5) is 48.9. The Morgan fingerprint density at radius 3 is 1.25 bits per heavy atom. The van der Waals surface area contributed by atoms with Crippen molar-refractivity contribution in [2.24, 2.45) is 0 Å². The summed E-state index contributed by atoms with van der Waals surface area (Å²) in [5.74, 6) is -0.634. The van der Waals surface area contributed by atoms with E-state index in [0.29, 0.717) is 61.2 Å². The first kappa shape index (κ1) is 30.9. The van der Waals surface area contributed by atoms with Gasteiger partial charge in [-0.3, -0.25) is 9.59 Å².